The van der Waals surface area contributed by atoms with Crippen LogP contribution in [0.2, 0.25) is 0 Å². The lowest BCUT2D eigenvalue weighted by molar-refractivity contribution is -0.158. The summed E-state index contributed by atoms with van der Waals surface area (Å²) < 4.78 is 142. The van der Waals surface area contributed by atoms with E-state index in [1.807, 2.05) is 0 Å². The second-order valence-corrected chi connectivity index (χ2v) is 6.43. The third kappa shape index (κ3) is 16.4. The van der Waals surface area contributed by atoms with E-state index in [1.54, 1.807) is 0 Å². The number of aliphatic hydroxyl groups excluding tert-OH is 2. The van der Waals surface area contributed by atoms with Crippen LogP contribution in [0.1, 0.15) is 6.42 Å². The maximum absolute atomic E-state index is 11.5. The molecule has 8 nitrogen and oxygen atoms in total. The Bertz CT molecular complexity index is 504. The van der Waals surface area contributed by atoms with Gasteiger partial charge in [0.25, 0.3) is 0 Å². The Morgan fingerprint density at radius 1 is 0.680 bits per heavy atom. The number of halogens is 8. The summed E-state index contributed by atoms with van der Waals surface area (Å²) in [6.07, 6.45) is -10.6. The molecule has 4 N–H and O–H groups in total. The van der Waals surface area contributed by atoms with Gasteiger partial charge in [-0.2, -0.15) is 43.2 Å². The molecule has 2 atom stereocenters. The molecule has 0 amide bonds. The van der Waals surface area contributed by atoms with Crippen LogP contribution in [0.4, 0.5) is 35.1 Å². The summed E-state index contributed by atoms with van der Waals surface area (Å²) >= 11 is 0. The smallest absolute Gasteiger partial charge is 0.396 e. The van der Waals surface area contributed by atoms with Crippen molar-refractivity contribution in [1.82, 2.24) is 0 Å². The van der Waals surface area contributed by atoms with E-state index in [0.717, 1.165) is 0 Å². The lowest BCUT2D eigenvalue weighted by Crippen LogP contribution is -2.31. The Morgan fingerprint density at radius 3 is 0.880 bits per heavy atom. The normalized spacial score (nSPS) is 15.2. The van der Waals surface area contributed by atoms with Gasteiger partial charge >= 0.3 is 43.6 Å². The van der Waals surface area contributed by atoms with Crippen LogP contribution in [-0.4, -0.2) is 72.7 Å². The van der Waals surface area contributed by atoms with Crippen LogP contribution >= 0.6 is 0 Å². The highest BCUT2D eigenvalue weighted by atomic mass is 32.2. The Hall–Kier alpha value is -0.820. The lowest BCUT2D eigenvalue weighted by atomic mass is 10.5. The molecule has 0 aromatic heterocycles. The summed E-state index contributed by atoms with van der Waals surface area (Å²) in [5, 5.41) is 15.8. The van der Waals surface area contributed by atoms with E-state index in [1.165, 1.54) is 0 Å². The molecule has 156 valence electrons. The van der Waals surface area contributed by atoms with E-state index >= 15 is 0 Å². The van der Waals surface area contributed by atoms with Crippen molar-refractivity contribution in [2.45, 2.75) is 29.8 Å². The van der Waals surface area contributed by atoms with Crippen molar-refractivity contribution >= 4 is 20.2 Å². The molecular formula is C7H12F8O8S2. The van der Waals surface area contributed by atoms with Crippen molar-refractivity contribution in [3.05, 3.63) is 0 Å². The van der Waals surface area contributed by atoms with Gasteiger partial charge in [-0.25, -0.2) is 8.78 Å². The van der Waals surface area contributed by atoms with Gasteiger partial charge in [-0.1, -0.05) is 0 Å². The summed E-state index contributed by atoms with van der Waals surface area (Å²) in [6, 6.07) is 0. The quantitative estimate of drug-likeness (QED) is 0.371. The molecule has 0 rings (SSSR count). The van der Waals surface area contributed by atoms with Crippen molar-refractivity contribution in [3.8, 4) is 0 Å². The van der Waals surface area contributed by atoms with Gasteiger partial charge < -0.3 is 10.2 Å². The largest absolute Gasteiger partial charge is 0.436 e. The van der Waals surface area contributed by atoms with Gasteiger partial charge in [-0.3, -0.25) is 9.11 Å². The fourth-order valence-corrected chi connectivity index (χ4v) is 1.08. The number of alkyl halides is 8. The molecule has 0 aliphatic carbocycles. The van der Waals surface area contributed by atoms with Gasteiger partial charge in [0.05, 0.1) is 0 Å². The fourth-order valence-electron chi connectivity index (χ4n) is 0.408. The SMILES string of the molecule is O=S(=O)(O)C(F)C(F)(F)F.O=S(=O)(O)C(F)C(F)(F)F.OCCCO. The first-order valence-electron chi connectivity index (χ1n) is 5.28. The zero-order chi connectivity index (χ0) is 21.3. The molecule has 0 aliphatic heterocycles. The van der Waals surface area contributed by atoms with Gasteiger partial charge in [0, 0.05) is 13.2 Å². The van der Waals surface area contributed by atoms with Crippen molar-refractivity contribution in [2.24, 2.45) is 0 Å². The van der Waals surface area contributed by atoms with Crippen LogP contribution in [0, 0.1) is 0 Å². The van der Waals surface area contributed by atoms with Crippen molar-refractivity contribution in [1.29, 1.82) is 0 Å². The number of hydrogen-bond acceptors (Lipinski definition) is 6. The highest BCUT2D eigenvalue weighted by Crippen LogP contribution is 2.26. The summed E-state index contributed by atoms with van der Waals surface area (Å²) in [5.74, 6) is 0. The minimum atomic E-state index is -5.65. The summed E-state index contributed by atoms with van der Waals surface area (Å²) in [7, 11) is -11.3. The monoisotopic (exact) mass is 440 g/mol. The Labute approximate surface area is 135 Å². The minimum absolute atomic E-state index is 0.0938. The molecule has 0 saturated heterocycles. The molecule has 25 heavy (non-hydrogen) atoms. The van der Waals surface area contributed by atoms with Gasteiger partial charge in [-0.15, -0.1) is 0 Å². The molecule has 0 heterocycles. The third-order valence-corrected chi connectivity index (χ3v) is 2.93. The minimum Gasteiger partial charge on any atom is -0.396 e. The Balaban J connectivity index is -0.000000308. The maximum atomic E-state index is 11.5. The van der Waals surface area contributed by atoms with Crippen LogP contribution in [-0.2, 0) is 20.2 Å². The average Bonchev–Trinajstić information content (AvgIpc) is 2.35. The van der Waals surface area contributed by atoms with Crippen molar-refractivity contribution in [2.75, 3.05) is 13.2 Å². The van der Waals surface area contributed by atoms with E-state index < -0.39 is 43.6 Å². The fraction of sp³-hybridized carbons (Fsp3) is 1.00. The van der Waals surface area contributed by atoms with Crippen LogP contribution in [0.25, 0.3) is 0 Å². The van der Waals surface area contributed by atoms with Gasteiger partial charge in [0.1, 0.15) is 0 Å². The number of hydrogen-bond donors (Lipinski definition) is 4. The van der Waals surface area contributed by atoms with Crippen LogP contribution in [0.15, 0.2) is 0 Å². The first-order chi connectivity index (χ1) is 10.7. The Kier molecular flexibility index (Phi) is 12.8. The maximum Gasteiger partial charge on any atom is 0.436 e. The second-order valence-electron chi connectivity index (χ2n) is 3.55. The molecule has 0 bridgehead atoms. The summed E-state index contributed by atoms with van der Waals surface area (Å²) in [4.78, 5) is 0. The van der Waals surface area contributed by atoms with E-state index in [4.69, 9.17) is 19.3 Å². The van der Waals surface area contributed by atoms with Crippen molar-refractivity contribution < 1.29 is 71.3 Å². The first kappa shape index (κ1) is 29.0. The second kappa shape index (κ2) is 11.0. The summed E-state index contributed by atoms with van der Waals surface area (Å²) in [6.45, 7) is 0.188. The van der Waals surface area contributed by atoms with E-state index in [-0.39, 0.29) is 13.2 Å². The highest BCUT2D eigenvalue weighted by molar-refractivity contribution is 7.86. The molecule has 0 saturated carbocycles. The predicted molar refractivity (Wildman–Crippen MR) is 63.8 cm³/mol. The number of aliphatic hydroxyl groups is 2. The molecule has 0 radical (unpaired) electrons. The molecule has 0 spiro atoms. The predicted octanol–water partition coefficient (Wildman–Crippen LogP) is 0.825. The first-order valence-corrected chi connectivity index (χ1v) is 8.29. The third-order valence-electron chi connectivity index (χ3n) is 1.35. The molecule has 2 unspecified atom stereocenters. The van der Waals surface area contributed by atoms with E-state index in [9.17, 15) is 52.0 Å². The average molecular weight is 440 g/mol. The zero-order valence-corrected chi connectivity index (χ0v) is 13.2. The van der Waals surface area contributed by atoms with Gasteiger partial charge in [0.2, 0.25) is 0 Å². The summed E-state index contributed by atoms with van der Waals surface area (Å²) in [5.41, 5.74) is -8.42. The topological polar surface area (TPSA) is 149 Å². The molecular weight excluding hydrogens is 428 g/mol. The molecule has 18 heteroatoms. The highest BCUT2D eigenvalue weighted by Gasteiger charge is 2.49. The van der Waals surface area contributed by atoms with E-state index in [2.05, 4.69) is 0 Å². The molecule has 0 fully saturated rings. The zero-order valence-electron chi connectivity index (χ0n) is 11.5. The molecule has 0 aromatic carbocycles. The van der Waals surface area contributed by atoms with E-state index in [0.29, 0.717) is 6.42 Å². The van der Waals surface area contributed by atoms with Gasteiger partial charge in [0.15, 0.2) is 0 Å². The van der Waals surface area contributed by atoms with Crippen LogP contribution in [0.5, 0.6) is 0 Å². The standard InChI is InChI=1S/C3H8O2.2C2H2F4O3S/c4-2-1-3-5;2*3-1(2(4,5)6)10(7,8)9/h4-5H,1-3H2;2*1H,(H,7,8,9). The van der Waals surface area contributed by atoms with Gasteiger partial charge in [-0.05, 0) is 6.42 Å². The lowest BCUT2D eigenvalue weighted by Gasteiger charge is -2.07. The van der Waals surface area contributed by atoms with Crippen LogP contribution in [0.3, 0.4) is 0 Å². The van der Waals surface area contributed by atoms with Crippen LogP contribution < -0.4 is 0 Å². The molecule has 0 aromatic rings. The Morgan fingerprint density at radius 2 is 0.880 bits per heavy atom. The molecule has 0 aliphatic rings. The number of rotatable bonds is 4. The van der Waals surface area contributed by atoms with Crippen molar-refractivity contribution in [3.63, 3.8) is 0 Å².